The van der Waals surface area contributed by atoms with Crippen LogP contribution < -0.4 is 5.56 Å². The Morgan fingerprint density at radius 2 is 1.90 bits per heavy atom. The third-order valence-electron chi connectivity index (χ3n) is 5.52. The van der Waals surface area contributed by atoms with Gasteiger partial charge in [-0.05, 0) is 32.4 Å². The first-order valence-corrected chi connectivity index (χ1v) is 10.2. The van der Waals surface area contributed by atoms with Crippen LogP contribution in [0.5, 0.6) is 0 Å². The molecule has 1 aromatic carbocycles. The Kier molecular flexibility index (Phi) is 5.65. The smallest absolute Gasteiger partial charge is 0.255 e. The van der Waals surface area contributed by atoms with E-state index in [0.29, 0.717) is 30.2 Å². The maximum absolute atomic E-state index is 13.3. The summed E-state index contributed by atoms with van der Waals surface area (Å²) in [6.07, 6.45) is 2.93. The number of carbonyl (C=O) groups is 1. The van der Waals surface area contributed by atoms with E-state index in [1.165, 1.54) is 0 Å². The standard InChI is InChI=1S/C23H25N5O3/c1-15-17(22(30)27-21(26-15)20-24-10-7-11-25-20)12-19(29)28-13-18(31-14-23(28,2)3)16-8-5-4-6-9-16/h4-11,18H,12-14H2,1-3H3,(H,26,27,30). The topological polar surface area (TPSA) is 101 Å². The molecule has 0 bridgehead atoms. The molecule has 1 saturated heterocycles. The van der Waals surface area contributed by atoms with Crippen molar-refractivity contribution in [3.05, 3.63) is 76.0 Å². The van der Waals surface area contributed by atoms with Gasteiger partial charge in [0.2, 0.25) is 5.91 Å². The first-order valence-electron chi connectivity index (χ1n) is 10.2. The molecule has 1 N–H and O–H groups in total. The molecule has 8 heteroatoms. The van der Waals surface area contributed by atoms with Gasteiger partial charge in [0.1, 0.15) is 6.10 Å². The van der Waals surface area contributed by atoms with Crippen molar-refractivity contribution in [1.29, 1.82) is 0 Å². The van der Waals surface area contributed by atoms with Gasteiger partial charge in [0.15, 0.2) is 11.6 Å². The lowest BCUT2D eigenvalue weighted by Crippen LogP contribution is -2.56. The number of H-pyrrole nitrogens is 1. The number of nitrogens with zero attached hydrogens (tertiary/aromatic N) is 4. The van der Waals surface area contributed by atoms with Crippen LogP contribution in [0.1, 0.15) is 36.8 Å². The Balaban J connectivity index is 1.57. The number of hydrogen-bond donors (Lipinski definition) is 1. The average Bonchev–Trinajstić information content (AvgIpc) is 2.77. The largest absolute Gasteiger partial charge is 0.369 e. The van der Waals surface area contributed by atoms with Crippen LogP contribution in [0.25, 0.3) is 11.6 Å². The predicted molar refractivity (Wildman–Crippen MR) is 115 cm³/mol. The molecule has 1 fully saturated rings. The van der Waals surface area contributed by atoms with Crippen molar-refractivity contribution in [2.75, 3.05) is 13.2 Å². The van der Waals surface area contributed by atoms with E-state index in [-0.39, 0.29) is 29.8 Å². The molecule has 160 valence electrons. The number of morpholine rings is 1. The molecule has 0 radical (unpaired) electrons. The average molecular weight is 419 g/mol. The molecule has 1 atom stereocenters. The summed E-state index contributed by atoms with van der Waals surface area (Å²) in [7, 11) is 0. The van der Waals surface area contributed by atoms with Gasteiger partial charge in [-0.1, -0.05) is 30.3 Å². The summed E-state index contributed by atoms with van der Waals surface area (Å²) in [4.78, 5) is 43.2. The zero-order valence-electron chi connectivity index (χ0n) is 17.8. The zero-order valence-corrected chi connectivity index (χ0v) is 17.8. The van der Waals surface area contributed by atoms with Gasteiger partial charge in [-0.3, -0.25) is 9.59 Å². The Morgan fingerprint density at radius 1 is 1.19 bits per heavy atom. The minimum atomic E-state index is -0.478. The van der Waals surface area contributed by atoms with E-state index in [4.69, 9.17) is 4.74 Å². The van der Waals surface area contributed by atoms with Crippen molar-refractivity contribution in [3.63, 3.8) is 0 Å². The number of aryl methyl sites for hydroxylation is 1. The van der Waals surface area contributed by atoms with Crippen molar-refractivity contribution in [2.45, 2.75) is 38.8 Å². The Morgan fingerprint density at radius 3 is 2.58 bits per heavy atom. The first-order chi connectivity index (χ1) is 14.8. The van der Waals surface area contributed by atoms with Crippen LogP contribution in [0.2, 0.25) is 0 Å². The van der Waals surface area contributed by atoms with Gasteiger partial charge in [0.25, 0.3) is 5.56 Å². The van der Waals surface area contributed by atoms with E-state index < -0.39 is 5.54 Å². The number of amides is 1. The van der Waals surface area contributed by atoms with Gasteiger partial charge in [-0.15, -0.1) is 0 Å². The number of aromatic nitrogens is 4. The summed E-state index contributed by atoms with van der Waals surface area (Å²) in [5.74, 6) is 0.490. The van der Waals surface area contributed by atoms with Crippen LogP contribution in [0, 0.1) is 6.92 Å². The molecule has 2 aromatic heterocycles. The molecule has 3 aromatic rings. The van der Waals surface area contributed by atoms with Gasteiger partial charge in [-0.25, -0.2) is 15.0 Å². The van der Waals surface area contributed by atoms with Gasteiger partial charge in [0.05, 0.1) is 25.1 Å². The molecule has 8 nitrogen and oxygen atoms in total. The van der Waals surface area contributed by atoms with Crippen molar-refractivity contribution in [2.24, 2.45) is 0 Å². The fraction of sp³-hybridized carbons (Fsp3) is 0.348. The maximum atomic E-state index is 13.3. The molecular weight excluding hydrogens is 394 g/mol. The third kappa shape index (κ3) is 4.39. The molecule has 3 heterocycles. The summed E-state index contributed by atoms with van der Waals surface area (Å²) >= 11 is 0. The van der Waals surface area contributed by atoms with Crippen molar-refractivity contribution >= 4 is 5.91 Å². The predicted octanol–water partition coefficient (Wildman–Crippen LogP) is 2.46. The Bertz CT molecular complexity index is 1130. The van der Waals surface area contributed by atoms with Gasteiger partial charge in [0, 0.05) is 23.7 Å². The summed E-state index contributed by atoms with van der Waals surface area (Å²) in [6, 6.07) is 11.5. The lowest BCUT2D eigenvalue weighted by Gasteiger charge is -2.45. The highest BCUT2D eigenvalue weighted by atomic mass is 16.5. The van der Waals surface area contributed by atoms with Crippen molar-refractivity contribution in [1.82, 2.24) is 24.8 Å². The van der Waals surface area contributed by atoms with Gasteiger partial charge in [-0.2, -0.15) is 0 Å². The number of aromatic amines is 1. The molecular formula is C23H25N5O3. The SMILES string of the molecule is Cc1nc(-c2ncccn2)[nH]c(=O)c1CC(=O)N1CC(c2ccccc2)OCC1(C)C. The molecule has 1 unspecified atom stereocenters. The highest BCUT2D eigenvalue weighted by Gasteiger charge is 2.38. The Hall–Kier alpha value is -3.39. The van der Waals surface area contributed by atoms with E-state index in [0.717, 1.165) is 5.56 Å². The maximum Gasteiger partial charge on any atom is 0.255 e. The fourth-order valence-corrected chi connectivity index (χ4v) is 3.75. The lowest BCUT2D eigenvalue weighted by molar-refractivity contribution is -0.154. The second kappa shape index (κ2) is 8.39. The summed E-state index contributed by atoms with van der Waals surface area (Å²) in [5, 5.41) is 0. The Labute approximate surface area is 180 Å². The molecule has 1 aliphatic rings. The first kappa shape index (κ1) is 20.9. The monoisotopic (exact) mass is 419 g/mol. The summed E-state index contributed by atoms with van der Waals surface area (Å²) in [6.45, 7) is 6.50. The van der Waals surface area contributed by atoms with E-state index in [1.54, 1.807) is 30.3 Å². The number of hydrogen-bond acceptors (Lipinski definition) is 6. The summed E-state index contributed by atoms with van der Waals surface area (Å²) < 4.78 is 6.03. The van der Waals surface area contributed by atoms with Crippen LogP contribution in [0.3, 0.4) is 0 Å². The number of ether oxygens (including phenoxy) is 1. The van der Waals surface area contributed by atoms with Crippen LogP contribution in [-0.4, -0.2) is 49.4 Å². The van der Waals surface area contributed by atoms with E-state index in [1.807, 2.05) is 44.2 Å². The highest BCUT2D eigenvalue weighted by molar-refractivity contribution is 5.80. The van der Waals surface area contributed by atoms with Crippen molar-refractivity contribution < 1.29 is 9.53 Å². The zero-order chi connectivity index (χ0) is 22.0. The molecule has 4 rings (SSSR count). The quantitative estimate of drug-likeness (QED) is 0.697. The highest BCUT2D eigenvalue weighted by Crippen LogP contribution is 2.30. The van der Waals surface area contributed by atoms with Gasteiger partial charge < -0.3 is 14.6 Å². The molecule has 1 amide bonds. The number of rotatable bonds is 4. The minimum Gasteiger partial charge on any atom is -0.369 e. The number of carbonyl (C=O) groups excluding carboxylic acids is 1. The molecule has 1 aliphatic heterocycles. The van der Waals surface area contributed by atoms with Gasteiger partial charge >= 0.3 is 0 Å². The van der Waals surface area contributed by atoms with Crippen molar-refractivity contribution in [3.8, 4) is 11.6 Å². The van der Waals surface area contributed by atoms with E-state index in [2.05, 4.69) is 19.9 Å². The number of benzene rings is 1. The van der Waals surface area contributed by atoms with Crippen LogP contribution in [0.15, 0.2) is 53.6 Å². The number of nitrogens with one attached hydrogen (secondary N) is 1. The summed E-state index contributed by atoms with van der Waals surface area (Å²) in [5.41, 5.74) is 1.04. The second-order valence-electron chi connectivity index (χ2n) is 8.25. The molecule has 0 aliphatic carbocycles. The second-order valence-corrected chi connectivity index (χ2v) is 8.25. The fourth-order valence-electron chi connectivity index (χ4n) is 3.75. The molecule has 0 spiro atoms. The lowest BCUT2D eigenvalue weighted by atomic mass is 9.97. The van der Waals surface area contributed by atoms with E-state index >= 15 is 0 Å². The van der Waals surface area contributed by atoms with Crippen LogP contribution in [-0.2, 0) is 16.0 Å². The van der Waals surface area contributed by atoms with E-state index in [9.17, 15) is 9.59 Å². The normalized spacial score (nSPS) is 18.0. The molecule has 31 heavy (non-hydrogen) atoms. The third-order valence-corrected chi connectivity index (χ3v) is 5.52. The van der Waals surface area contributed by atoms with Crippen LogP contribution >= 0.6 is 0 Å². The minimum absolute atomic E-state index is 0.0327. The molecule has 0 saturated carbocycles. The van der Waals surface area contributed by atoms with Crippen LogP contribution in [0.4, 0.5) is 0 Å².